The molecule has 0 bridgehead atoms. The van der Waals surface area contributed by atoms with E-state index in [1.165, 1.54) is 6.42 Å². The van der Waals surface area contributed by atoms with Gasteiger partial charge in [-0.15, -0.1) is 0 Å². The predicted molar refractivity (Wildman–Crippen MR) is 64.9 cm³/mol. The Hall–Kier alpha value is -0.590. The Kier molecular flexibility index (Phi) is 5.79. The first-order chi connectivity index (χ1) is 7.65. The zero-order valence-corrected chi connectivity index (χ0v) is 10.5. The summed E-state index contributed by atoms with van der Waals surface area (Å²) in [7, 11) is 0. The molecule has 0 spiro atoms. The molecule has 0 saturated heterocycles. The molecule has 1 aliphatic rings. The van der Waals surface area contributed by atoms with Crippen LogP contribution in [-0.2, 0) is 0 Å². The minimum absolute atomic E-state index is 0.189. The SMILES string of the molecule is CC(C)CN(CCC#N)[C@H]1CCCC[C@@H]1O. The van der Waals surface area contributed by atoms with Crippen LogP contribution in [-0.4, -0.2) is 35.2 Å². The summed E-state index contributed by atoms with van der Waals surface area (Å²) in [6.45, 7) is 6.17. The summed E-state index contributed by atoms with van der Waals surface area (Å²) >= 11 is 0. The van der Waals surface area contributed by atoms with Gasteiger partial charge >= 0.3 is 0 Å². The second-order valence-corrected chi connectivity index (χ2v) is 5.22. The highest BCUT2D eigenvalue weighted by Gasteiger charge is 2.28. The van der Waals surface area contributed by atoms with Gasteiger partial charge in [0.05, 0.1) is 12.2 Å². The zero-order valence-electron chi connectivity index (χ0n) is 10.5. The maximum absolute atomic E-state index is 10.0. The number of aliphatic hydroxyl groups excluding tert-OH is 1. The van der Waals surface area contributed by atoms with E-state index in [2.05, 4.69) is 24.8 Å². The third-order valence-electron chi connectivity index (χ3n) is 3.27. The molecule has 1 rings (SSSR count). The van der Waals surface area contributed by atoms with E-state index >= 15 is 0 Å². The van der Waals surface area contributed by atoms with Gasteiger partial charge in [-0.3, -0.25) is 4.90 Å². The fraction of sp³-hybridized carbons (Fsp3) is 0.923. The van der Waals surface area contributed by atoms with E-state index in [-0.39, 0.29) is 12.1 Å². The first-order valence-corrected chi connectivity index (χ1v) is 6.44. The summed E-state index contributed by atoms with van der Waals surface area (Å²) in [5, 5.41) is 18.7. The molecule has 0 aliphatic heterocycles. The standard InChI is InChI=1S/C13H24N2O/c1-11(2)10-15(9-5-8-14)12-6-3-4-7-13(12)16/h11-13,16H,3-7,9-10H2,1-2H3/t12-,13-/m0/s1. The van der Waals surface area contributed by atoms with E-state index in [1.54, 1.807) is 0 Å². The van der Waals surface area contributed by atoms with Gasteiger partial charge in [0, 0.05) is 25.6 Å². The van der Waals surface area contributed by atoms with Crippen molar-refractivity contribution in [2.24, 2.45) is 5.92 Å². The Morgan fingerprint density at radius 3 is 2.62 bits per heavy atom. The lowest BCUT2D eigenvalue weighted by atomic mass is 9.90. The fourth-order valence-corrected chi connectivity index (χ4v) is 2.57. The first-order valence-electron chi connectivity index (χ1n) is 6.44. The molecule has 0 aromatic rings. The van der Waals surface area contributed by atoms with Crippen molar-refractivity contribution in [3.8, 4) is 6.07 Å². The molecular formula is C13H24N2O. The Morgan fingerprint density at radius 1 is 1.38 bits per heavy atom. The normalized spacial score (nSPS) is 26.0. The fourth-order valence-electron chi connectivity index (χ4n) is 2.57. The molecule has 1 N–H and O–H groups in total. The van der Waals surface area contributed by atoms with Crippen molar-refractivity contribution in [1.82, 2.24) is 4.90 Å². The van der Waals surface area contributed by atoms with E-state index in [0.717, 1.165) is 32.4 Å². The lowest BCUT2D eigenvalue weighted by molar-refractivity contribution is 0.0155. The van der Waals surface area contributed by atoms with E-state index in [9.17, 15) is 5.11 Å². The summed E-state index contributed by atoms with van der Waals surface area (Å²) in [4.78, 5) is 2.32. The molecule has 0 aromatic heterocycles. The van der Waals surface area contributed by atoms with Crippen molar-refractivity contribution in [3.63, 3.8) is 0 Å². The topological polar surface area (TPSA) is 47.3 Å². The van der Waals surface area contributed by atoms with E-state index in [0.29, 0.717) is 12.3 Å². The molecule has 0 amide bonds. The molecule has 0 radical (unpaired) electrons. The number of hydrogen-bond acceptors (Lipinski definition) is 3. The van der Waals surface area contributed by atoms with Gasteiger partial charge in [-0.2, -0.15) is 5.26 Å². The van der Waals surface area contributed by atoms with Gasteiger partial charge in [-0.25, -0.2) is 0 Å². The maximum atomic E-state index is 10.0. The Bertz CT molecular complexity index is 235. The van der Waals surface area contributed by atoms with Crippen LogP contribution in [0.1, 0.15) is 46.0 Å². The molecule has 2 atom stereocenters. The second-order valence-electron chi connectivity index (χ2n) is 5.22. The highest BCUT2D eigenvalue weighted by Crippen LogP contribution is 2.24. The average molecular weight is 224 g/mol. The summed E-state index contributed by atoms with van der Waals surface area (Å²) in [5.74, 6) is 0.591. The minimum atomic E-state index is -0.189. The molecule has 0 heterocycles. The van der Waals surface area contributed by atoms with Gasteiger partial charge in [0.1, 0.15) is 0 Å². The molecule has 0 unspecified atom stereocenters. The molecule has 3 nitrogen and oxygen atoms in total. The smallest absolute Gasteiger partial charge is 0.0695 e. The van der Waals surface area contributed by atoms with Gasteiger partial charge < -0.3 is 5.11 Å². The summed E-state index contributed by atoms with van der Waals surface area (Å²) < 4.78 is 0. The average Bonchev–Trinajstić information content (AvgIpc) is 2.24. The quantitative estimate of drug-likeness (QED) is 0.778. The van der Waals surface area contributed by atoms with Crippen molar-refractivity contribution in [2.75, 3.05) is 13.1 Å². The van der Waals surface area contributed by atoms with Crippen LogP contribution in [0.4, 0.5) is 0 Å². The third kappa shape index (κ3) is 4.11. The number of hydrogen-bond donors (Lipinski definition) is 1. The highest BCUT2D eigenvalue weighted by molar-refractivity contribution is 4.85. The number of nitriles is 1. The van der Waals surface area contributed by atoms with Gasteiger partial charge in [0.15, 0.2) is 0 Å². The van der Waals surface area contributed by atoms with Crippen LogP contribution in [0.3, 0.4) is 0 Å². The second kappa shape index (κ2) is 6.88. The first kappa shape index (κ1) is 13.5. The lowest BCUT2D eigenvalue weighted by Gasteiger charge is -2.38. The van der Waals surface area contributed by atoms with Gasteiger partial charge in [-0.1, -0.05) is 26.7 Å². The van der Waals surface area contributed by atoms with Crippen molar-refractivity contribution in [2.45, 2.75) is 58.1 Å². The number of aliphatic hydroxyl groups is 1. The summed E-state index contributed by atoms with van der Waals surface area (Å²) in [6.07, 6.45) is 4.74. The summed E-state index contributed by atoms with van der Waals surface area (Å²) in [6, 6.07) is 2.48. The van der Waals surface area contributed by atoms with Crippen LogP contribution in [0.25, 0.3) is 0 Å². The third-order valence-corrected chi connectivity index (χ3v) is 3.27. The number of nitrogens with zero attached hydrogens (tertiary/aromatic N) is 2. The van der Waals surface area contributed by atoms with Gasteiger partial charge in [0.25, 0.3) is 0 Å². The van der Waals surface area contributed by atoms with E-state index in [1.807, 2.05) is 0 Å². The monoisotopic (exact) mass is 224 g/mol. The Morgan fingerprint density at radius 2 is 2.06 bits per heavy atom. The zero-order chi connectivity index (χ0) is 12.0. The van der Waals surface area contributed by atoms with Crippen LogP contribution in [0.2, 0.25) is 0 Å². The number of rotatable bonds is 5. The molecule has 92 valence electrons. The maximum Gasteiger partial charge on any atom is 0.0695 e. The van der Waals surface area contributed by atoms with Crippen molar-refractivity contribution < 1.29 is 5.11 Å². The highest BCUT2D eigenvalue weighted by atomic mass is 16.3. The largest absolute Gasteiger partial charge is 0.391 e. The Balaban J connectivity index is 2.55. The lowest BCUT2D eigenvalue weighted by Crippen LogP contribution is -2.47. The van der Waals surface area contributed by atoms with Crippen LogP contribution >= 0.6 is 0 Å². The molecule has 1 aliphatic carbocycles. The Labute approximate surface area is 99.1 Å². The van der Waals surface area contributed by atoms with Crippen LogP contribution in [0.15, 0.2) is 0 Å². The van der Waals surface area contributed by atoms with Crippen molar-refractivity contribution in [1.29, 1.82) is 5.26 Å². The molecule has 3 heteroatoms. The van der Waals surface area contributed by atoms with Crippen molar-refractivity contribution in [3.05, 3.63) is 0 Å². The van der Waals surface area contributed by atoms with Gasteiger partial charge in [-0.05, 0) is 18.8 Å². The molecule has 1 fully saturated rings. The van der Waals surface area contributed by atoms with Crippen LogP contribution in [0.5, 0.6) is 0 Å². The van der Waals surface area contributed by atoms with Crippen molar-refractivity contribution >= 4 is 0 Å². The summed E-state index contributed by atoms with van der Waals surface area (Å²) in [5.41, 5.74) is 0. The van der Waals surface area contributed by atoms with Gasteiger partial charge in [0.2, 0.25) is 0 Å². The van der Waals surface area contributed by atoms with E-state index < -0.39 is 0 Å². The predicted octanol–water partition coefficient (Wildman–Crippen LogP) is 2.16. The molecular weight excluding hydrogens is 200 g/mol. The molecule has 16 heavy (non-hydrogen) atoms. The van der Waals surface area contributed by atoms with E-state index in [4.69, 9.17) is 5.26 Å². The van der Waals surface area contributed by atoms with Crippen LogP contribution in [0, 0.1) is 17.2 Å². The van der Waals surface area contributed by atoms with Crippen LogP contribution < -0.4 is 0 Å². The molecule has 0 aromatic carbocycles. The molecule has 1 saturated carbocycles. The minimum Gasteiger partial charge on any atom is -0.391 e.